The zero-order valence-corrected chi connectivity index (χ0v) is 10.6. The van der Waals surface area contributed by atoms with Gasteiger partial charge in [-0.25, -0.2) is 0 Å². The van der Waals surface area contributed by atoms with E-state index in [0.29, 0.717) is 0 Å². The number of aromatic nitrogens is 1. The Morgan fingerprint density at radius 1 is 1.33 bits per heavy atom. The van der Waals surface area contributed by atoms with E-state index in [1.807, 2.05) is 0 Å². The van der Waals surface area contributed by atoms with Gasteiger partial charge in [-0.05, 0) is 47.3 Å². The van der Waals surface area contributed by atoms with Gasteiger partial charge in [-0.3, -0.25) is 0 Å². The van der Waals surface area contributed by atoms with Gasteiger partial charge in [0, 0.05) is 34.0 Å². The third-order valence-corrected chi connectivity index (χ3v) is 4.18. The number of aryl methyl sites for hydroxylation is 2. The monoisotopic (exact) mass is 263 g/mol. The average Bonchev–Trinajstić information content (AvgIpc) is 2.98. The van der Waals surface area contributed by atoms with Crippen molar-refractivity contribution in [1.29, 1.82) is 0 Å². The minimum Gasteiger partial charge on any atom is -0.346 e. The molecule has 1 aliphatic rings. The molecule has 0 unspecified atom stereocenters. The Labute approximate surface area is 98.2 Å². The van der Waals surface area contributed by atoms with Crippen LogP contribution in [0.3, 0.4) is 0 Å². The molecule has 1 fully saturated rings. The number of hydrogen-bond donors (Lipinski definition) is 0. The molecular weight excluding hydrogens is 250 g/mol. The fraction of sp³-hybridized carbons (Fsp3) is 0.385. The number of benzene rings is 1. The van der Waals surface area contributed by atoms with Gasteiger partial charge in [0.15, 0.2) is 0 Å². The molecule has 0 N–H and O–H groups in total. The second kappa shape index (κ2) is 3.11. The molecule has 1 heterocycles. The Bertz CT molecular complexity index is 535. The standard InChI is InChI=1S/C13H14BrN/c1-8-4-3-5-10-11(8)12(14)13(15(10)2)9-6-7-9/h3-5,9H,6-7H2,1-2H3. The van der Waals surface area contributed by atoms with E-state index in [-0.39, 0.29) is 0 Å². The Morgan fingerprint density at radius 2 is 2.07 bits per heavy atom. The number of rotatable bonds is 1. The SMILES string of the molecule is Cc1cccc2c1c(Br)c(C1CC1)n2C. The Balaban J connectivity index is 2.42. The first-order valence-electron chi connectivity index (χ1n) is 5.43. The van der Waals surface area contributed by atoms with Crippen LogP contribution in [-0.2, 0) is 7.05 Å². The fourth-order valence-electron chi connectivity index (χ4n) is 2.43. The average molecular weight is 264 g/mol. The zero-order valence-electron chi connectivity index (χ0n) is 9.05. The first-order valence-corrected chi connectivity index (χ1v) is 6.23. The maximum Gasteiger partial charge on any atom is 0.0494 e. The third-order valence-electron chi connectivity index (χ3n) is 3.38. The van der Waals surface area contributed by atoms with Crippen LogP contribution in [0.1, 0.15) is 30.0 Å². The summed E-state index contributed by atoms with van der Waals surface area (Å²) in [5, 5.41) is 1.39. The van der Waals surface area contributed by atoms with Gasteiger partial charge in [-0.1, -0.05) is 12.1 Å². The lowest BCUT2D eigenvalue weighted by Gasteiger charge is -2.01. The summed E-state index contributed by atoms with van der Waals surface area (Å²) < 4.78 is 3.67. The zero-order chi connectivity index (χ0) is 10.6. The van der Waals surface area contributed by atoms with Crippen LogP contribution < -0.4 is 0 Å². The van der Waals surface area contributed by atoms with E-state index in [2.05, 4.69) is 52.7 Å². The molecule has 2 heteroatoms. The van der Waals surface area contributed by atoms with Crippen LogP contribution in [0.25, 0.3) is 10.9 Å². The molecule has 0 bridgehead atoms. The van der Waals surface area contributed by atoms with Gasteiger partial charge < -0.3 is 4.57 Å². The molecule has 1 aliphatic carbocycles. The van der Waals surface area contributed by atoms with E-state index < -0.39 is 0 Å². The highest BCUT2D eigenvalue weighted by molar-refractivity contribution is 9.10. The minimum atomic E-state index is 0.788. The summed E-state index contributed by atoms with van der Waals surface area (Å²) in [7, 11) is 2.18. The summed E-state index contributed by atoms with van der Waals surface area (Å²) in [5.41, 5.74) is 4.20. The molecule has 78 valence electrons. The predicted molar refractivity (Wildman–Crippen MR) is 67.3 cm³/mol. The normalized spacial score (nSPS) is 16.2. The molecule has 0 spiro atoms. The highest BCUT2D eigenvalue weighted by Gasteiger charge is 2.30. The first kappa shape index (κ1) is 9.46. The fourth-order valence-corrected chi connectivity index (χ4v) is 3.54. The van der Waals surface area contributed by atoms with Crippen LogP contribution in [0.5, 0.6) is 0 Å². The Hall–Kier alpha value is -0.760. The molecule has 0 atom stereocenters. The van der Waals surface area contributed by atoms with Gasteiger partial charge in [-0.2, -0.15) is 0 Å². The molecule has 0 radical (unpaired) electrons. The van der Waals surface area contributed by atoms with Gasteiger partial charge in [0.1, 0.15) is 0 Å². The lowest BCUT2D eigenvalue weighted by Crippen LogP contribution is -1.93. The Kier molecular flexibility index (Phi) is 1.96. The highest BCUT2D eigenvalue weighted by Crippen LogP contribution is 2.46. The molecule has 1 aromatic carbocycles. The van der Waals surface area contributed by atoms with Crippen molar-refractivity contribution in [2.45, 2.75) is 25.7 Å². The van der Waals surface area contributed by atoms with Crippen LogP contribution in [0.2, 0.25) is 0 Å². The molecule has 1 nitrogen and oxygen atoms in total. The van der Waals surface area contributed by atoms with E-state index >= 15 is 0 Å². The maximum absolute atomic E-state index is 3.77. The van der Waals surface area contributed by atoms with Gasteiger partial charge in [0.25, 0.3) is 0 Å². The summed E-state index contributed by atoms with van der Waals surface area (Å²) in [6.45, 7) is 2.18. The Morgan fingerprint density at radius 3 is 2.67 bits per heavy atom. The van der Waals surface area contributed by atoms with Crippen molar-refractivity contribution in [3.8, 4) is 0 Å². The van der Waals surface area contributed by atoms with Crippen molar-refractivity contribution >= 4 is 26.8 Å². The van der Waals surface area contributed by atoms with Gasteiger partial charge in [-0.15, -0.1) is 0 Å². The summed E-state index contributed by atoms with van der Waals surface area (Å²) in [5.74, 6) is 0.788. The number of fused-ring (bicyclic) bond motifs is 1. The van der Waals surface area contributed by atoms with Crippen LogP contribution in [-0.4, -0.2) is 4.57 Å². The second-order valence-corrected chi connectivity index (χ2v) is 5.29. The molecule has 0 aliphatic heterocycles. The quantitative estimate of drug-likeness (QED) is 0.730. The predicted octanol–water partition coefficient (Wildman–Crippen LogP) is 4.13. The van der Waals surface area contributed by atoms with Crippen molar-refractivity contribution in [2.24, 2.45) is 7.05 Å². The van der Waals surface area contributed by atoms with Crippen LogP contribution in [0.4, 0.5) is 0 Å². The second-order valence-electron chi connectivity index (χ2n) is 4.50. The van der Waals surface area contributed by atoms with Crippen molar-refractivity contribution in [3.63, 3.8) is 0 Å². The van der Waals surface area contributed by atoms with Crippen LogP contribution >= 0.6 is 15.9 Å². The van der Waals surface area contributed by atoms with Gasteiger partial charge >= 0.3 is 0 Å². The van der Waals surface area contributed by atoms with E-state index in [9.17, 15) is 0 Å². The summed E-state index contributed by atoms with van der Waals surface area (Å²) in [4.78, 5) is 0. The van der Waals surface area contributed by atoms with E-state index in [0.717, 1.165) is 5.92 Å². The van der Waals surface area contributed by atoms with Crippen LogP contribution in [0, 0.1) is 6.92 Å². The summed E-state index contributed by atoms with van der Waals surface area (Å²) in [6.07, 6.45) is 2.70. The molecule has 1 saturated carbocycles. The van der Waals surface area contributed by atoms with Gasteiger partial charge in [0.05, 0.1) is 0 Å². The number of hydrogen-bond acceptors (Lipinski definition) is 0. The van der Waals surface area contributed by atoms with Crippen molar-refractivity contribution in [3.05, 3.63) is 33.9 Å². The molecule has 1 aromatic heterocycles. The molecule has 2 aromatic rings. The lowest BCUT2D eigenvalue weighted by atomic mass is 10.1. The highest BCUT2D eigenvalue weighted by atomic mass is 79.9. The largest absolute Gasteiger partial charge is 0.346 e. The maximum atomic E-state index is 3.77. The van der Waals surface area contributed by atoms with E-state index in [4.69, 9.17) is 0 Å². The molecule has 0 amide bonds. The van der Waals surface area contributed by atoms with E-state index in [1.54, 1.807) is 0 Å². The van der Waals surface area contributed by atoms with Gasteiger partial charge in [0.2, 0.25) is 0 Å². The van der Waals surface area contributed by atoms with E-state index in [1.165, 1.54) is 39.5 Å². The van der Waals surface area contributed by atoms with Crippen molar-refractivity contribution < 1.29 is 0 Å². The topological polar surface area (TPSA) is 4.93 Å². The third kappa shape index (κ3) is 1.27. The lowest BCUT2D eigenvalue weighted by molar-refractivity contribution is 0.852. The molecule has 3 rings (SSSR count). The smallest absolute Gasteiger partial charge is 0.0494 e. The first-order chi connectivity index (χ1) is 7.20. The molecule has 15 heavy (non-hydrogen) atoms. The van der Waals surface area contributed by atoms with Crippen LogP contribution in [0.15, 0.2) is 22.7 Å². The molecule has 0 saturated heterocycles. The number of nitrogens with zero attached hydrogens (tertiary/aromatic N) is 1. The molecular formula is C13H14BrN. The summed E-state index contributed by atoms with van der Waals surface area (Å²) in [6, 6.07) is 6.53. The summed E-state index contributed by atoms with van der Waals surface area (Å²) >= 11 is 3.77. The minimum absolute atomic E-state index is 0.788. The van der Waals surface area contributed by atoms with Crippen molar-refractivity contribution in [2.75, 3.05) is 0 Å². The van der Waals surface area contributed by atoms with Crippen molar-refractivity contribution in [1.82, 2.24) is 4.57 Å². The number of halogens is 1.